The molecule has 164 valence electrons. The van der Waals surface area contributed by atoms with E-state index < -0.39 is 0 Å². The van der Waals surface area contributed by atoms with Crippen LogP contribution >= 0.6 is 24.0 Å². The van der Waals surface area contributed by atoms with E-state index in [1.165, 1.54) is 9.30 Å². The molecule has 0 aliphatic carbocycles. The van der Waals surface area contributed by atoms with Gasteiger partial charge in [0.05, 0.1) is 29.4 Å². The van der Waals surface area contributed by atoms with Gasteiger partial charge in [0.15, 0.2) is 0 Å². The van der Waals surface area contributed by atoms with Gasteiger partial charge >= 0.3 is 0 Å². The van der Waals surface area contributed by atoms with Gasteiger partial charge in [-0.2, -0.15) is 0 Å². The quantitative estimate of drug-likeness (QED) is 0.436. The van der Waals surface area contributed by atoms with E-state index in [1.807, 2.05) is 6.07 Å². The molecule has 8 nitrogen and oxygen atoms in total. The number of thiocarbonyl (C=S) groups is 1. The van der Waals surface area contributed by atoms with Crippen LogP contribution in [0.3, 0.4) is 0 Å². The Morgan fingerprint density at radius 2 is 2.19 bits per heavy atom. The normalized spacial score (nSPS) is 20.1. The Morgan fingerprint density at radius 3 is 2.97 bits per heavy atom. The van der Waals surface area contributed by atoms with Crippen molar-refractivity contribution in [3.8, 4) is 0 Å². The first kappa shape index (κ1) is 20.9. The number of carbonyl (C=O) groups excluding carboxylic acids is 1. The second-order valence-corrected chi connectivity index (χ2v) is 9.15. The molecule has 3 aromatic heterocycles. The number of amides is 1. The summed E-state index contributed by atoms with van der Waals surface area (Å²) in [6, 6.07) is 8.91. The maximum atomic E-state index is 13.3. The van der Waals surface area contributed by atoms with Gasteiger partial charge in [0.2, 0.25) is 0 Å². The van der Waals surface area contributed by atoms with Crippen LogP contribution in [-0.2, 0) is 16.1 Å². The third-order valence-electron chi connectivity index (χ3n) is 5.33. The highest BCUT2D eigenvalue weighted by Gasteiger charge is 2.33. The predicted molar refractivity (Wildman–Crippen MR) is 126 cm³/mol. The lowest BCUT2D eigenvalue weighted by Crippen LogP contribution is -2.27. The lowest BCUT2D eigenvalue weighted by Gasteiger charge is -2.14. The molecule has 1 amide bonds. The molecule has 32 heavy (non-hydrogen) atoms. The Labute approximate surface area is 193 Å². The van der Waals surface area contributed by atoms with Crippen LogP contribution in [0, 0.1) is 0 Å². The minimum atomic E-state index is -0.265. The summed E-state index contributed by atoms with van der Waals surface area (Å²) in [6.45, 7) is 1.52. The van der Waals surface area contributed by atoms with Crippen molar-refractivity contribution in [3.63, 3.8) is 0 Å². The summed E-state index contributed by atoms with van der Waals surface area (Å²) in [5.41, 5.74) is 0.571. The predicted octanol–water partition coefficient (Wildman–Crippen LogP) is 3.28. The van der Waals surface area contributed by atoms with E-state index in [-0.39, 0.29) is 24.1 Å². The molecule has 2 aliphatic rings. The van der Waals surface area contributed by atoms with Crippen LogP contribution in [0.5, 0.6) is 0 Å². The Hall–Kier alpha value is -2.95. The summed E-state index contributed by atoms with van der Waals surface area (Å²) < 4.78 is 12.9. The van der Waals surface area contributed by atoms with Crippen molar-refractivity contribution in [2.24, 2.45) is 0 Å². The molecule has 5 rings (SSSR count). The van der Waals surface area contributed by atoms with E-state index in [1.54, 1.807) is 42.8 Å². The minimum Gasteiger partial charge on any atom is -0.467 e. The van der Waals surface area contributed by atoms with Crippen molar-refractivity contribution in [1.29, 1.82) is 0 Å². The highest BCUT2D eigenvalue weighted by Crippen LogP contribution is 2.34. The Morgan fingerprint density at radius 1 is 1.28 bits per heavy atom. The first-order valence-corrected chi connectivity index (χ1v) is 11.5. The molecule has 0 bridgehead atoms. The van der Waals surface area contributed by atoms with Gasteiger partial charge in [-0.25, -0.2) is 4.98 Å². The summed E-state index contributed by atoms with van der Waals surface area (Å²) in [7, 11) is 0. The molecule has 2 fully saturated rings. The fourth-order valence-corrected chi connectivity index (χ4v) is 4.95. The second-order valence-electron chi connectivity index (χ2n) is 7.47. The van der Waals surface area contributed by atoms with Gasteiger partial charge in [0.1, 0.15) is 21.5 Å². The first-order valence-electron chi connectivity index (χ1n) is 10.2. The molecular formula is C22H20N4O4S2. The van der Waals surface area contributed by atoms with E-state index in [2.05, 4.69) is 10.3 Å². The maximum absolute atomic E-state index is 13.3. The number of hydrogen-bond acceptors (Lipinski definition) is 8. The van der Waals surface area contributed by atoms with Crippen molar-refractivity contribution >= 4 is 51.7 Å². The van der Waals surface area contributed by atoms with Crippen LogP contribution < -0.4 is 10.9 Å². The molecule has 1 atom stereocenters. The number of nitrogens with one attached hydrogen (secondary N) is 1. The van der Waals surface area contributed by atoms with Crippen LogP contribution in [0.15, 0.2) is 56.9 Å². The topological polar surface area (TPSA) is 89.1 Å². The van der Waals surface area contributed by atoms with Crippen molar-refractivity contribution in [3.05, 3.63) is 69.4 Å². The number of ether oxygens (including phenoxy) is 1. The van der Waals surface area contributed by atoms with Gasteiger partial charge in [-0.05, 0) is 43.2 Å². The monoisotopic (exact) mass is 468 g/mol. The van der Waals surface area contributed by atoms with Gasteiger partial charge in [0.25, 0.3) is 11.5 Å². The van der Waals surface area contributed by atoms with Crippen LogP contribution in [0.1, 0.15) is 24.2 Å². The second kappa shape index (κ2) is 8.89. The van der Waals surface area contributed by atoms with Crippen molar-refractivity contribution < 1.29 is 13.9 Å². The number of carbonyl (C=O) groups is 1. The third-order valence-corrected chi connectivity index (χ3v) is 6.71. The van der Waals surface area contributed by atoms with Gasteiger partial charge in [-0.3, -0.25) is 18.9 Å². The summed E-state index contributed by atoms with van der Waals surface area (Å²) in [4.78, 5) is 32.8. The molecule has 0 spiro atoms. The number of furan rings is 1. The van der Waals surface area contributed by atoms with E-state index >= 15 is 0 Å². The standard InChI is InChI=1S/C22H20N4O4S2/c27-20-16(11-17-21(28)26(22(31)32-17)13-15-6-4-10-30-15)19(23-12-14-5-3-9-29-14)24-18-7-1-2-8-25(18)20/h1-2,4,6-8,10-11,14,23H,3,5,9,12-13H2/b17-11-/t14-/m1/s1. The molecule has 2 saturated heterocycles. The molecule has 0 radical (unpaired) electrons. The van der Waals surface area contributed by atoms with Gasteiger partial charge < -0.3 is 14.5 Å². The molecule has 0 unspecified atom stereocenters. The molecule has 0 aromatic carbocycles. The van der Waals surface area contributed by atoms with Gasteiger partial charge in [-0.1, -0.05) is 30.0 Å². The fraction of sp³-hybridized carbons (Fsp3) is 0.273. The van der Waals surface area contributed by atoms with Crippen LogP contribution in [0.4, 0.5) is 5.82 Å². The number of hydrogen-bond donors (Lipinski definition) is 1. The van der Waals surface area contributed by atoms with Crippen LogP contribution in [0.25, 0.3) is 11.7 Å². The lowest BCUT2D eigenvalue weighted by molar-refractivity contribution is -0.122. The molecule has 0 saturated carbocycles. The van der Waals surface area contributed by atoms with E-state index in [9.17, 15) is 9.59 Å². The summed E-state index contributed by atoms with van der Waals surface area (Å²) in [6.07, 6.45) is 6.84. The third kappa shape index (κ3) is 4.08. The maximum Gasteiger partial charge on any atom is 0.267 e. The number of pyridine rings is 1. The molecule has 5 heterocycles. The summed E-state index contributed by atoms with van der Waals surface area (Å²) in [5.74, 6) is 0.793. The Bertz CT molecular complexity index is 1260. The van der Waals surface area contributed by atoms with Crippen molar-refractivity contribution in [2.45, 2.75) is 25.5 Å². The van der Waals surface area contributed by atoms with Crippen molar-refractivity contribution in [1.82, 2.24) is 14.3 Å². The highest BCUT2D eigenvalue weighted by atomic mass is 32.2. The fourth-order valence-electron chi connectivity index (χ4n) is 3.71. The number of fused-ring (bicyclic) bond motifs is 1. The number of nitrogens with zero attached hydrogens (tertiary/aromatic N) is 3. The zero-order valence-electron chi connectivity index (χ0n) is 17.0. The number of anilines is 1. The number of aromatic nitrogens is 2. The smallest absolute Gasteiger partial charge is 0.267 e. The lowest BCUT2D eigenvalue weighted by atomic mass is 10.2. The van der Waals surface area contributed by atoms with Crippen molar-refractivity contribution in [2.75, 3.05) is 18.5 Å². The average molecular weight is 469 g/mol. The highest BCUT2D eigenvalue weighted by molar-refractivity contribution is 8.26. The number of thioether (sulfide) groups is 1. The Balaban J connectivity index is 1.50. The van der Waals surface area contributed by atoms with Gasteiger partial charge in [0, 0.05) is 19.3 Å². The molecule has 3 aromatic rings. The number of rotatable bonds is 6. The molecule has 10 heteroatoms. The molecular weight excluding hydrogens is 448 g/mol. The van der Waals surface area contributed by atoms with Crippen LogP contribution in [0.2, 0.25) is 0 Å². The van der Waals surface area contributed by atoms with Gasteiger partial charge in [-0.15, -0.1) is 0 Å². The van der Waals surface area contributed by atoms with E-state index in [0.717, 1.165) is 31.2 Å². The molecule has 2 aliphatic heterocycles. The Kier molecular flexibility index (Phi) is 5.81. The minimum absolute atomic E-state index is 0.0744. The molecule has 1 N–H and O–H groups in total. The zero-order chi connectivity index (χ0) is 22.1. The zero-order valence-corrected chi connectivity index (χ0v) is 18.7. The average Bonchev–Trinajstić information content (AvgIpc) is 3.55. The SMILES string of the molecule is O=C1/C(=C/c2c(NC[C@H]3CCCO3)nc3ccccn3c2=O)SC(=S)N1Cc1ccco1. The largest absolute Gasteiger partial charge is 0.467 e. The summed E-state index contributed by atoms with van der Waals surface area (Å²) >= 11 is 6.57. The first-order chi connectivity index (χ1) is 15.6. The summed E-state index contributed by atoms with van der Waals surface area (Å²) in [5, 5.41) is 3.26. The van der Waals surface area contributed by atoms with Crippen LogP contribution in [-0.4, -0.2) is 43.8 Å². The van der Waals surface area contributed by atoms with E-state index in [0.29, 0.717) is 38.6 Å². The van der Waals surface area contributed by atoms with E-state index in [4.69, 9.17) is 21.4 Å².